The maximum Gasteiger partial charge on any atom is 0.266 e. The first-order valence-electron chi connectivity index (χ1n) is 4.93. The normalized spacial score (nSPS) is 16.1. The number of aryl methyl sites for hydroxylation is 2. The fraction of sp³-hybridized carbons (Fsp3) is 0.500. The average Bonchev–Trinajstić information content (AvgIpc) is 2.15. The minimum atomic E-state index is -3.41. The lowest BCUT2D eigenvalue weighted by Gasteiger charge is -2.15. The third-order valence-electron chi connectivity index (χ3n) is 2.70. The summed E-state index contributed by atoms with van der Waals surface area (Å²) in [6.45, 7) is 0. The van der Waals surface area contributed by atoms with E-state index in [0.717, 1.165) is 43.2 Å². The van der Waals surface area contributed by atoms with Crippen LogP contribution < -0.4 is 5.56 Å². The fourth-order valence-electron chi connectivity index (χ4n) is 1.93. The molecule has 1 N–H and O–H groups in total. The minimum absolute atomic E-state index is 0.108. The van der Waals surface area contributed by atoms with E-state index in [9.17, 15) is 13.2 Å². The van der Waals surface area contributed by atoms with Crippen molar-refractivity contribution in [3.05, 3.63) is 27.7 Å². The largest absolute Gasteiger partial charge is 0.325 e. The second-order valence-electron chi connectivity index (χ2n) is 3.95. The van der Waals surface area contributed by atoms with E-state index in [0.29, 0.717) is 0 Å². The molecule has 0 saturated carbocycles. The molecular weight excluding hydrogens is 214 g/mol. The molecule has 1 aromatic heterocycles. The lowest BCUT2D eigenvalue weighted by Crippen LogP contribution is -2.21. The Balaban J connectivity index is 2.65. The predicted octanol–water partition coefficient (Wildman–Crippen LogP) is 0.657. The molecule has 0 aliphatic heterocycles. The van der Waals surface area contributed by atoms with Crippen molar-refractivity contribution < 1.29 is 8.42 Å². The van der Waals surface area contributed by atoms with Crippen LogP contribution >= 0.6 is 0 Å². The van der Waals surface area contributed by atoms with Gasteiger partial charge in [-0.2, -0.15) is 0 Å². The van der Waals surface area contributed by atoms with Crippen LogP contribution in [0.25, 0.3) is 0 Å². The zero-order chi connectivity index (χ0) is 11.1. The highest BCUT2D eigenvalue weighted by atomic mass is 32.2. The van der Waals surface area contributed by atoms with E-state index in [-0.39, 0.29) is 4.90 Å². The Hall–Kier alpha value is -1.10. The van der Waals surface area contributed by atoms with Crippen LogP contribution in [0.4, 0.5) is 0 Å². The van der Waals surface area contributed by atoms with E-state index in [2.05, 4.69) is 4.98 Å². The average molecular weight is 227 g/mol. The van der Waals surface area contributed by atoms with E-state index < -0.39 is 15.4 Å². The predicted molar refractivity (Wildman–Crippen MR) is 56.8 cm³/mol. The van der Waals surface area contributed by atoms with Crippen molar-refractivity contribution in [3.63, 3.8) is 0 Å². The Kier molecular flexibility index (Phi) is 2.42. The van der Waals surface area contributed by atoms with Crippen molar-refractivity contribution in [1.29, 1.82) is 0 Å². The molecule has 1 aliphatic carbocycles. The number of fused-ring (bicyclic) bond motifs is 1. The summed E-state index contributed by atoms with van der Waals surface area (Å²) in [6, 6.07) is 1.53. The molecule has 0 radical (unpaired) electrons. The van der Waals surface area contributed by atoms with E-state index in [1.165, 1.54) is 6.07 Å². The van der Waals surface area contributed by atoms with E-state index in [1.807, 2.05) is 0 Å². The Bertz CT molecular complexity index is 542. The molecule has 2 rings (SSSR count). The van der Waals surface area contributed by atoms with Gasteiger partial charge in [-0.1, -0.05) is 0 Å². The summed E-state index contributed by atoms with van der Waals surface area (Å²) in [7, 11) is -3.41. The van der Waals surface area contributed by atoms with Gasteiger partial charge in [0.2, 0.25) is 0 Å². The number of sulfone groups is 1. The summed E-state index contributed by atoms with van der Waals surface area (Å²) < 4.78 is 22.6. The molecule has 0 atom stereocenters. The van der Waals surface area contributed by atoms with Crippen LogP contribution in [0.2, 0.25) is 0 Å². The highest BCUT2D eigenvalue weighted by Gasteiger charge is 2.17. The fourth-order valence-corrected chi connectivity index (χ4v) is 2.67. The van der Waals surface area contributed by atoms with Crippen molar-refractivity contribution in [2.75, 3.05) is 6.26 Å². The Morgan fingerprint density at radius 1 is 1.27 bits per heavy atom. The smallest absolute Gasteiger partial charge is 0.266 e. The number of rotatable bonds is 1. The van der Waals surface area contributed by atoms with Crippen LogP contribution in [-0.2, 0) is 22.7 Å². The summed E-state index contributed by atoms with van der Waals surface area (Å²) >= 11 is 0. The van der Waals surface area contributed by atoms with Gasteiger partial charge in [0.05, 0.1) is 0 Å². The summed E-state index contributed by atoms with van der Waals surface area (Å²) in [5, 5.41) is 0. The molecule has 0 spiro atoms. The summed E-state index contributed by atoms with van der Waals surface area (Å²) in [5.74, 6) is 0. The Labute approximate surface area is 88.3 Å². The first kappa shape index (κ1) is 10.4. The first-order chi connectivity index (χ1) is 6.98. The Morgan fingerprint density at radius 3 is 2.60 bits per heavy atom. The van der Waals surface area contributed by atoms with Crippen LogP contribution in [0.3, 0.4) is 0 Å². The second-order valence-corrected chi connectivity index (χ2v) is 5.93. The SMILES string of the molecule is CS(=O)(=O)c1cc2c([nH]c1=O)CCCC2. The molecule has 4 nitrogen and oxygen atoms in total. The number of nitrogens with one attached hydrogen (secondary N) is 1. The van der Waals surface area contributed by atoms with Crippen LogP contribution in [0.15, 0.2) is 15.8 Å². The van der Waals surface area contributed by atoms with Gasteiger partial charge in [0.25, 0.3) is 5.56 Å². The minimum Gasteiger partial charge on any atom is -0.325 e. The molecule has 1 aliphatic rings. The highest BCUT2D eigenvalue weighted by Crippen LogP contribution is 2.19. The number of aromatic nitrogens is 1. The van der Waals surface area contributed by atoms with Crippen LogP contribution in [0.5, 0.6) is 0 Å². The zero-order valence-electron chi connectivity index (χ0n) is 8.54. The number of hydrogen-bond donors (Lipinski definition) is 1. The number of H-pyrrole nitrogens is 1. The zero-order valence-corrected chi connectivity index (χ0v) is 9.36. The number of aromatic amines is 1. The molecular formula is C10H13NO3S. The van der Waals surface area contributed by atoms with E-state index in [1.54, 1.807) is 0 Å². The van der Waals surface area contributed by atoms with Crippen LogP contribution in [-0.4, -0.2) is 19.7 Å². The lowest BCUT2D eigenvalue weighted by molar-refractivity contribution is 0.598. The van der Waals surface area contributed by atoms with Crippen molar-refractivity contribution in [1.82, 2.24) is 4.98 Å². The van der Waals surface area contributed by atoms with Gasteiger partial charge in [0.1, 0.15) is 4.90 Å². The highest BCUT2D eigenvalue weighted by molar-refractivity contribution is 7.90. The second kappa shape index (κ2) is 3.48. The summed E-state index contributed by atoms with van der Waals surface area (Å²) in [6.07, 6.45) is 4.87. The standard InChI is InChI=1S/C10H13NO3S/c1-15(13,14)9-6-7-4-2-3-5-8(7)11-10(9)12/h6H,2-5H2,1H3,(H,11,12). The maximum absolute atomic E-state index is 11.5. The molecule has 15 heavy (non-hydrogen) atoms. The maximum atomic E-state index is 11.5. The molecule has 0 aromatic carbocycles. The number of hydrogen-bond acceptors (Lipinski definition) is 3. The van der Waals surface area contributed by atoms with E-state index >= 15 is 0 Å². The van der Waals surface area contributed by atoms with Crippen molar-refractivity contribution >= 4 is 9.84 Å². The molecule has 82 valence electrons. The topological polar surface area (TPSA) is 67.0 Å². The third-order valence-corrected chi connectivity index (χ3v) is 3.81. The Morgan fingerprint density at radius 2 is 1.93 bits per heavy atom. The molecule has 1 heterocycles. The van der Waals surface area contributed by atoms with Crippen molar-refractivity contribution in [2.24, 2.45) is 0 Å². The van der Waals surface area contributed by atoms with Gasteiger partial charge in [0.15, 0.2) is 9.84 Å². The molecule has 5 heteroatoms. The summed E-state index contributed by atoms with van der Waals surface area (Å²) in [4.78, 5) is 14.1. The molecule has 0 fully saturated rings. The van der Waals surface area contributed by atoms with Crippen molar-refractivity contribution in [3.8, 4) is 0 Å². The summed E-state index contributed by atoms with van der Waals surface area (Å²) in [5.41, 5.74) is 1.39. The van der Waals surface area contributed by atoms with Gasteiger partial charge in [0, 0.05) is 11.9 Å². The van der Waals surface area contributed by atoms with Gasteiger partial charge in [-0.25, -0.2) is 8.42 Å². The van der Waals surface area contributed by atoms with E-state index in [4.69, 9.17) is 0 Å². The monoisotopic (exact) mass is 227 g/mol. The first-order valence-corrected chi connectivity index (χ1v) is 6.83. The molecule has 1 aromatic rings. The van der Waals surface area contributed by atoms with Gasteiger partial charge >= 0.3 is 0 Å². The lowest BCUT2D eigenvalue weighted by atomic mass is 9.96. The van der Waals surface area contributed by atoms with Gasteiger partial charge in [-0.3, -0.25) is 4.79 Å². The van der Waals surface area contributed by atoms with Crippen LogP contribution in [0.1, 0.15) is 24.1 Å². The van der Waals surface area contributed by atoms with Gasteiger partial charge in [-0.15, -0.1) is 0 Å². The van der Waals surface area contributed by atoms with Crippen LogP contribution in [0, 0.1) is 0 Å². The third kappa shape index (κ3) is 1.97. The van der Waals surface area contributed by atoms with Crippen molar-refractivity contribution in [2.45, 2.75) is 30.6 Å². The van der Waals surface area contributed by atoms with Gasteiger partial charge in [-0.05, 0) is 37.3 Å². The molecule has 0 bridgehead atoms. The molecule has 0 unspecified atom stereocenters. The number of pyridine rings is 1. The quantitative estimate of drug-likeness (QED) is 0.766. The van der Waals surface area contributed by atoms with Gasteiger partial charge < -0.3 is 4.98 Å². The molecule has 0 saturated heterocycles. The molecule has 0 amide bonds.